The molecule has 0 unspecified atom stereocenters. The van der Waals surface area contributed by atoms with Crippen LogP contribution in [0.2, 0.25) is 0 Å². The van der Waals surface area contributed by atoms with E-state index in [0.29, 0.717) is 0 Å². The first-order valence-corrected chi connectivity index (χ1v) is 5.56. The molecule has 0 aliphatic heterocycles. The van der Waals surface area contributed by atoms with Crippen LogP contribution in [-0.4, -0.2) is 17.3 Å². The quantitative estimate of drug-likeness (QED) is 0.565. The van der Waals surface area contributed by atoms with Gasteiger partial charge >= 0.3 is 0 Å². The molecule has 0 atom stereocenters. The van der Waals surface area contributed by atoms with Gasteiger partial charge < -0.3 is 10.2 Å². The molecular formula is C9H16N2OS. The molecule has 1 aromatic rings. The molecule has 74 valence electrons. The second kappa shape index (κ2) is 6.05. The molecule has 0 aliphatic carbocycles. The van der Waals surface area contributed by atoms with Crippen LogP contribution in [0.15, 0.2) is 15.9 Å². The van der Waals surface area contributed by atoms with E-state index in [0.717, 1.165) is 29.6 Å². The number of rotatable bonds is 6. The average molecular weight is 200 g/mol. The molecular weight excluding hydrogens is 184 g/mol. The number of hydrogen-bond donors (Lipinski definition) is 1. The van der Waals surface area contributed by atoms with Gasteiger partial charge in [0.05, 0.1) is 5.69 Å². The van der Waals surface area contributed by atoms with E-state index in [2.05, 4.69) is 4.98 Å². The standard InChI is InChI=1S/C9H16N2OS/c1-8-7-12-9(11-8)13-6-4-2-3-5-10/h7H,2-6,10H2,1H3. The van der Waals surface area contributed by atoms with Crippen molar-refractivity contribution >= 4 is 11.8 Å². The third kappa shape index (κ3) is 4.33. The highest BCUT2D eigenvalue weighted by molar-refractivity contribution is 7.99. The van der Waals surface area contributed by atoms with Crippen molar-refractivity contribution in [3.05, 3.63) is 12.0 Å². The molecule has 4 heteroatoms. The van der Waals surface area contributed by atoms with Gasteiger partial charge in [0, 0.05) is 5.75 Å². The maximum absolute atomic E-state index is 5.39. The van der Waals surface area contributed by atoms with Crippen LogP contribution in [0.5, 0.6) is 0 Å². The van der Waals surface area contributed by atoms with Gasteiger partial charge in [0.2, 0.25) is 0 Å². The lowest BCUT2D eigenvalue weighted by Crippen LogP contribution is -1.97. The fraction of sp³-hybridized carbons (Fsp3) is 0.667. The molecule has 0 bridgehead atoms. The number of aromatic nitrogens is 1. The molecule has 0 spiro atoms. The Labute approximate surface area is 83.1 Å². The third-order valence-corrected chi connectivity index (χ3v) is 2.60. The number of hydrogen-bond acceptors (Lipinski definition) is 4. The van der Waals surface area contributed by atoms with Crippen molar-refractivity contribution in [2.24, 2.45) is 5.73 Å². The van der Waals surface area contributed by atoms with Crippen molar-refractivity contribution in [2.75, 3.05) is 12.3 Å². The molecule has 0 saturated heterocycles. The molecule has 1 heterocycles. The summed E-state index contributed by atoms with van der Waals surface area (Å²) >= 11 is 1.67. The predicted molar refractivity (Wildman–Crippen MR) is 54.9 cm³/mol. The molecule has 0 fully saturated rings. The Morgan fingerprint density at radius 1 is 1.46 bits per heavy atom. The van der Waals surface area contributed by atoms with Gasteiger partial charge in [-0.2, -0.15) is 0 Å². The number of nitrogens with two attached hydrogens (primary N) is 1. The van der Waals surface area contributed by atoms with Crippen molar-refractivity contribution < 1.29 is 4.42 Å². The highest BCUT2D eigenvalue weighted by Gasteiger charge is 1.99. The van der Waals surface area contributed by atoms with Crippen molar-refractivity contribution in [3.8, 4) is 0 Å². The van der Waals surface area contributed by atoms with Crippen molar-refractivity contribution in [1.29, 1.82) is 0 Å². The van der Waals surface area contributed by atoms with Gasteiger partial charge in [0.25, 0.3) is 5.22 Å². The zero-order valence-corrected chi connectivity index (χ0v) is 8.77. The van der Waals surface area contributed by atoms with E-state index in [1.807, 2.05) is 6.92 Å². The molecule has 1 rings (SSSR count). The van der Waals surface area contributed by atoms with Crippen molar-refractivity contribution in [3.63, 3.8) is 0 Å². The normalized spacial score (nSPS) is 10.6. The number of thioether (sulfide) groups is 1. The Hall–Kier alpha value is -0.480. The maximum atomic E-state index is 5.39. The Balaban J connectivity index is 2.06. The summed E-state index contributed by atoms with van der Waals surface area (Å²) in [5, 5.41) is 0.783. The molecule has 3 nitrogen and oxygen atoms in total. The molecule has 0 aromatic carbocycles. The Bertz CT molecular complexity index is 237. The van der Waals surface area contributed by atoms with E-state index < -0.39 is 0 Å². The van der Waals surface area contributed by atoms with Gasteiger partial charge in [-0.1, -0.05) is 18.2 Å². The number of oxazole rings is 1. The molecule has 1 aromatic heterocycles. The summed E-state index contributed by atoms with van der Waals surface area (Å²) < 4.78 is 5.20. The van der Waals surface area contributed by atoms with E-state index in [9.17, 15) is 0 Å². The summed E-state index contributed by atoms with van der Waals surface area (Å²) in [6.07, 6.45) is 5.18. The SMILES string of the molecule is Cc1coc(SCCCCCN)n1. The second-order valence-electron chi connectivity index (χ2n) is 2.95. The summed E-state index contributed by atoms with van der Waals surface area (Å²) in [4.78, 5) is 4.20. The van der Waals surface area contributed by atoms with E-state index in [4.69, 9.17) is 10.2 Å². The van der Waals surface area contributed by atoms with Crippen LogP contribution in [0.1, 0.15) is 25.0 Å². The molecule has 0 amide bonds. The first kappa shape index (κ1) is 10.6. The summed E-state index contributed by atoms with van der Waals surface area (Å²) in [6, 6.07) is 0. The van der Waals surface area contributed by atoms with E-state index in [-0.39, 0.29) is 0 Å². The van der Waals surface area contributed by atoms with Gasteiger partial charge in [-0.15, -0.1) is 0 Å². The largest absolute Gasteiger partial charge is 0.440 e. The smallest absolute Gasteiger partial charge is 0.255 e. The maximum Gasteiger partial charge on any atom is 0.255 e. The van der Waals surface area contributed by atoms with Crippen LogP contribution in [0, 0.1) is 6.92 Å². The minimum absolute atomic E-state index is 0.783. The topological polar surface area (TPSA) is 52.0 Å². The van der Waals surface area contributed by atoms with Crippen LogP contribution < -0.4 is 5.73 Å². The van der Waals surface area contributed by atoms with Crippen LogP contribution in [-0.2, 0) is 0 Å². The molecule has 2 N–H and O–H groups in total. The number of aryl methyl sites for hydroxylation is 1. The zero-order chi connectivity index (χ0) is 9.52. The molecule has 13 heavy (non-hydrogen) atoms. The Morgan fingerprint density at radius 3 is 2.92 bits per heavy atom. The molecule has 0 saturated carbocycles. The van der Waals surface area contributed by atoms with Gasteiger partial charge in [-0.3, -0.25) is 0 Å². The summed E-state index contributed by atoms with van der Waals surface area (Å²) in [5.41, 5.74) is 6.34. The van der Waals surface area contributed by atoms with Crippen LogP contribution in [0.25, 0.3) is 0 Å². The lowest BCUT2D eigenvalue weighted by molar-refractivity contribution is 0.454. The first-order valence-electron chi connectivity index (χ1n) is 4.58. The van der Waals surface area contributed by atoms with Crippen molar-refractivity contribution in [2.45, 2.75) is 31.4 Å². The van der Waals surface area contributed by atoms with Gasteiger partial charge in [-0.25, -0.2) is 4.98 Å². The van der Waals surface area contributed by atoms with E-state index in [1.165, 1.54) is 12.8 Å². The Kier molecular flexibility index (Phi) is 4.93. The van der Waals surface area contributed by atoms with Crippen LogP contribution in [0.4, 0.5) is 0 Å². The number of nitrogens with zero attached hydrogens (tertiary/aromatic N) is 1. The minimum Gasteiger partial charge on any atom is -0.440 e. The van der Waals surface area contributed by atoms with Gasteiger partial charge in [0.15, 0.2) is 0 Å². The summed E-state index contributed by atoms with van der Waals surface area (Å²) in [5.74, 6) is 1.07. The van der Waals surface area contributed by atoms with Crippen LogP contribution >= 0.6 is 11.8 Å². The highest BCUT2D eigenvalue weighted by atomic mass is 32.2. The molecule has 0 aliphatic rings. The van der Waals surface area contributed by atoms with Crippen molar-refractivity contribution in [1.82, 2.24) is 4.98 Å². The van der Waals surface area contributed by atoms with E-state index in [1.54, 1.807) is 18.0 Å². The first-order chi connectivity index (χ1) is 6.33. The Morgan fingerprint density at radius 2 is 2.31 bits per heavy atom. The minimum atomic E-state index is 0.783. The molecule has 0 radical (unpaired) electrons. The van der Waals surface area contributed by atoms with Gasteiger partial charge in [0.1, 0.15) is 6.26 Å². The lowest BCUT2D eigenvalue weighted by Gasteiger charge is -1.96. The lowest BCUT2D eigenvalue weighted by atomic mass is 10.2. The van der Waals surface area contributed by atoms with E-state index >= 15 is 0 Å². The monoisotopic (exact) mass is 200 g/mol. The second-order valence-corrected chi connectivity index (χ2v) is 4.00. The van der Waals surface area contributed by atoms with Crippen LogP contribution in [0.3, 0.4) is 0 Å². The summed E-state index contributed by atoms with van der Waals surface area (Å²) in [7, 11) is 0. The summed E-state index contributed by atoms with van der Waals surface area (Å²) in [6.45, 7) is 2.73. The number of unbranched alkanes of at least 4 members (excludes halogenated alkanes) is 2. The van der Waals surface area contributed by atoms with Gasteiger partial charge in [-0.05, 0) is 26.3 Å². The predicted octanol–water partition coefficient (Wildman–Crippen LogP) is 2.20. The average Bonchev–Trinajstić information content (AvgIpc) is 2.51. The fourth-order valence-electron chi connectivity index (χ4n) is 0.981. The third-order valence-electron chi connectivity index (χ3n) is 1.67. The highest BCUT2D eigenvalue weighted by Crippen LogP contribution is 2.18. The zero-order valence-electron chi connectivity index (χ0n) is 7.95. The fourth-order valence-corrected chi connectivity index (χ4v) is 1.83.